The fourth-order valence-electron chi connectivity index (χ4n) is 3.84. The van der Waals surface area contributed by atoms with Gasteiger partial charge >= 0.3 is 0 Å². The number of nitrogens with one attached hydrogen (secondary N) is 1. The summed E-state index contributed by atoms with van der Waals surface area (Å²) in [4.78, 5) is 12.7. The molecule has 1 atom stereocenters. The maximum Gasteiger partial charge on any atom is 0.192 e. The topological polar surface area (TPSA) is 60.3 Å². The summed E-state index contributed by atoms with van der Waals surface area (Å²) in [5, 5.41) is 0.591. The molecule has 0 bridgehead atoms. The van der Waals surface area contributed by atoms with Crippen LogP contribution in [-0.4, -0.2) is 14.5 Å². The lowest BCUT2D eigenvalue weighted by atomic mass is 10.1. The minimum atomic E-state index is -1.22. The maximum absolute atomic E-state index is 13.8. The molecule has 3 aromatic carbocycles. The van der Waals surface area contributed by atoms with E-state index < -0.39 is 11.0 Å². The van der Waals surface area contributed by atoms with Gasteiger partial charge in [-0.15, -0.1) is 0 Å². The Labute approximate surface area is 194 Å². The molecule has 0 spiro atoms. The van der Waals surface area contributed by atoms with E-state index in [-0.39, 0.29) is 11.2 Å². The molecule has 1 heterocycles. The maximum atomic E-state index is 13.8. The molecule has 170 valence electrons. The number of hydrogen-bond donors (Lipinski definition) is 1. The van der Waals surface area contributed by atoms with Crippen molar-refractivity contribution >= 4 is 27.6 Å². The molecule has 0 radical (unpaired) electrons. The van der Waals surface area contributed by atoms with E-state index in [1.807, 2.05) is 35.8 Å². The number of rotatable bonds is 6. The van der Waals surface area contributed by atoms with Gasteiger partial charge in [-0.2, -0.15) is 0 Å². The van der Waals surface area contributed by atoms with Crippen molar-refractivity contribution in [3.8, 4) is 17.2 Å². The summed E-state index contributed by atoms with van der Waals surface area (Å²) >= 11 is 0. The van der Waals surface area contributed by atoms with Crippen molar-refractivity contribution in [3.05, 3.63) is 93.5 Å². The molecular weight excluding hydrogens is 439 g/mol. The van der Waals surface area contributed by atoms with Gasteiger partial charge in [-0.05, 0) is 74.4 Å². The second kappa shape index (κ2) is 9.19. The molecule has 0 amide bonds. The highest BCUT2D eigenvalue weighted by atomic mass is 32.2. The lowest BCUT2D eigenvalue weighted by Gasteiger charge is -2.20. The third-order valence-electron chi connectivity index (χ3n) is 5.44. The van der Waals surface area contributed by atoms with Crippen LogP contribution in [0.5, 0.6) is 11.5 Å². The molecule has 0 fully saturated rings. The predicted octanol–water partition coefficient (Wildman–Crippen LogP) is 5.94. The van der Waals surface area contributed by atoms with Crippen molar-refractivity contribution in [3.63, 3.8) is 0 Å². The Morgan fingerprint density at radius 2 is 1.70 bits per heavy atom. The van der Waals surface area contributed by atoms with Crippen LogP contribution in [0.1, 0.15) is 23.6 Å². The molecule has 33 heavy (non-hydrogen) atoms. The van der Waals surface area contributed by atoms with Gasteiger partial charge in [-0.1, -0.05) is 19.1 Å². The molecule has 4 rings (SSSR count). The number of hydrogen-bond acceptors (Lipinski definition) is 3. The minimum absolute atomic E-state index is 0.0316. The molecule has 1 N–H and O–H groups in total. The van der Waals surface area contributed by atoms with Gasteiger partial charge in [0.2, 0.25) is 0 Å². The number of aryl methyl sites for hydroxylation is 3. The van der Waals surface area contributed by atoms with Crippen LogP contribution >= 0.6 is 0 Å². The van der Waals surface area contributed by atoms with Gasteiger partial charge < -0.3 is 14.0 Å². The monoisotopic (exact) mass is 464 g/mol. The third kappa shape index (κ3) is 4.54. The summed E-state index contributed by atoms with van der Waals surface area (Å²) in [5.74, 6) is 1.23. The molecule has 0 aliphatic heterocycles. The van der Waals surface area contributed by atoms with Crippen molar-refractivity contribution in [2.75, 3.05) is 10.5 Å². The standard InChI is InChI=1S/C26H25FN2O3S/c1-5-33(31)28-20-10-11-24(32-26-16(2)12-19(27)13-17(26)3)23(14-20)29-15-18(4)25(30)21-8-6-7-9-22(21)29/h6-15,28H,5H2,1-4H3. The first-order chi connectivity index (χ1) is 15.8. The Morgan fingerprint density at radius 1 is 1.00 bits per heavy atom. The smallest absolute Gasteiger partial charge is 0.192 e. The summed E-state index contributed by atoms with van der Waals surface area (Å²) in [6.07, 6.45) is 1.78. The van der Waals surface area contributed by atoms with Crippen LogP contribution in [0.2, 0.25) is 0 Å². The normalized spacial score (nSPS) is 12.0. The summed E-state index contributed by atoms with van der Waals surface area (Å²) in [6, 6.07) is 15.7. The Kier molecular flexibility index (Phi) is 6.33. The van der Waals surface area contributed by atoms with Crippen LogP contribution in [0.3, 0.4) is 0 Å². The van der Waals surface area contributed by atoms with Gasteiger partial charge in [0.05, 0.1) is 11.2 Å². The molecule has 4 aromatic rings. The van der Waals surface area contributed by atoms with E-state index in [0.717, 1.165) is 5.52 Å². The van der Waals surface area contributed by atoms with E-state index in [1.54, 1.807) is 45.2 Å². The molecule has 1 unspecified atom stereocenters. The van der Waals surface area contributed by atoms with Gasteiger partial charge in [-0.3, -0.25) is 4.79 Å². The number of para-hydroxylation sites is 1. The largest absolute Gasteiger partial charge is 0.455 e. The van der Waals surface area contributed by atoms with E-state index >= 15 is 0 Å². The highest BCUT2D eigenvalue weighted by Crippen LogP contribution is 2.36. The van der Waals surface area contributed by atoms with E-state index in [2.05, 4.69) is 4.72 Å². The Morgan fingerprint density at radius 3 is 2.39 bits per heavy atom. The van der Waals surface area contributed by atoms with Crippen LogP contribution in [0.4, 0.5) is 10.1 Å². The zero-order valence-corrected chi connectivity index (χ0v) is 19.8. The molecule has 0 aliphatic carbocycles. The van der Waals surface area contributed by atoms with Crippen molar-refractivity contribution in [2.24, 2.45) is 0 Å². The zero-order chi connectivity index (χ0) is 23.7. The first kappa shape index (κ1) is 22.7. The molecule has 1 aromatic heterocycles. The fourth-order valence-corrected chi connectivity index (χ4v) is 4.37. The summed E-state index contributed by atoms with van der Waals surface area (Å²) in [7, 11) is -1.22. The third-order valence-corrected chi connectivity index (χ3v) is 6.43. The first-order valence-corrected chi connectivity index (χ1v) is 12.0. The van der Waals surface area contributed by atoms with Gasteiger partial charge in [0.1, 0.15) is 22.6 Å². The molecule has 7 heteroatoms. The van der Waals surface area contributed by atoms with Gasteiger partial charge in [0.15, 0.2) is 11.2 Å². The Hall–Kier alpha value is -3.45. The highest BCUT2D eigenvalue weighted by Gasteiger charge is 2.16. The average molecular weight is 465 g/mol. The van der Waals surface area contributed by atoms with Crippen LogP contribution in [-0.2, 0) is 11.0 Å². The lowest BCUT2D eigenvalue weighted by Crippen LogP contribution is -2.12. The fraction of sp³-hybridized carbons (Fsp3) is 0.192. The lowest BCUT2D eigenvalue weighted by molar-refractivity contribution is 0.470. The molecule has 0 saturated carbocycles. The number of pyridine rings is 1. The number of nitrogens with zero attached hydrogens (tertiary/aromatic N) is 1. The number of fused-ring (bicyclic) bond motifs is 1. The summed E-state index contributed by atoms with van der Waals surface area (Å²) < 4.78 is 37.2. The number of aromatic nitrogens is 1. The van der Waals surface area contributed by atoms with Crippen LogP contribution < -0.4 is 14.9 Å². The number of anilines is 1. The van der Waals surface area contributed by atoms with Gasteiger partial charge in [-0.25, -0.2) is 8.60 Å². The summed E-state index contributed by atoms with van der Waals surface area (Å²) in [5.41, 5.74) is 3.95. The van der Waals surface area contributed by atoms with E-state index in [0.29, 0.717) is 50.7 Å². The van der Waals surface area contributed by atoms with Crippen LogP contribution in [0.15, 0.2) is 65.6 Å². The summed E-state index contributed by atoms with van der Waals surface area (Å²) in [6.45, 7) is 7.20. The number of halogens is 1. The predicted molar refractivity (Wildman–Crippen MR) is 133 cm³/mol. The van der Waals surface area contributed by atoms with Crippen molar-refractivity contribution in [2.45, 2.75) is 27.7 Å². The second-order valence-corrected chi connectivity index (χ2v) is 9.39. The zero-order valence-electron chi connectivity index (χ0n) is 18.9. The highest BCUT2D eigenvalue weighted by molar-refractivity contribution is 7.86. The quantitative estimate of drug-likeness (QED) is 0.384. The number of ether oxygens (including phenoxy) is 1. The first-order valence-electron chi connectivity index (χ1n) is 10.6. The Bertz CT molecular complexity index is 1420. The van der Waals surface area contributed by atoms with Crippen molar-refractivity contribution in [1.29, 1.82) is 0 Å². The van der Waals surface area contributed by atoms with E-state index in [4.69, 9.17) is 4.74 Å². The van der Waals surface area contributed by atoms with Crippen molar-refractivity contribution in [1.82, 2.24) is 4.57 Å². The van der Waals surface area contributed by atoms with Gasteiger partial charge in [0, 0.05) is 28.6 Å². The molecular formula is C26H25FN2O3S. The second-order valence-electron chi connectivity index (χ2n) is 7.92. The van der Waals surface area contributed by atoms with Crippen LogP contribution in [0.25, 0.3) is 16.6 Å². The number of benzene rings is 3. The molecule has 0 saturated heterocycles. The van der Waals surface area contributed by atoms with Crippen LogP contribution in [0, 0.1) is 26.6 Å². The SMILES string of the molecule is CCS(=O)Nc1ccc(Oc2c(C)cc(F)cc2C)c(-n2cc(C)c(=O)c3ccccc32)c1. The van der Waals surface area contributed by atoms with Crippen molar-refractivity contribution < 1.29 is 13.3 Å². The average Bonchev–Trinajstić information content (AvgIpc) is 2.79. The molecule has 0 aliphatic rings. The minimum Gasteiger partial charge on any atom is -0.455 e. The molecule has 5 nitrogen and oxygen atoms in total. The van der Waals surface area contributed by atoms with E-state index in [1.165, 1.54) is 12.1 Å². The Balaban J connectivity index is 1.96. The van der Waals surface area contributed by atoms with Gasteiger partial charge in [0.25, 0.3) is 0 Å². The van der Waals surface area contributed by atoms with E-state index in [9.17, 15) is 13.4 Å².